The van der Waals surface area contributed by atoms with Crippen molar-refractivity contribution in [3.8, 4) is 0 Å². The number of aliphatic hydroxyl groups is 1. The first-order chi connectivity index (χ1) is 44.1. The van der Waals surface area contributed by atoms with Crippen LogP contribution in [0.15, 0.2) is 12.2 Å². The van der Waals surface area contributed by atoms with Crippen LogP contribution in [0.3, 0.4) is 0 Å². The Hall–Kier alpha value is -6.21. The maximum absolute atomic E-state index is 15.4. The summed E-state index contributed by atoms with van der Waals surface area (Å²) in [5.74, 6) is -9.15. The Morgan fingerprint density at radius 3 is 1.43 bits per heavy atom. The van der Waals surface area contributed by atoms with Crippen LogP contribution in [0.1, 0.15) is 182 Å². The zero-order chi connectivity index (χ0) is 72.8. The van der Waals surface area contributed by atoms with Gasteiger partial charge in [-0.25, -0.2) is 0 Å². The smallest absolute Gasteiger partial charge is 0.248 e. The van der Waals surface area contributed by atoms with Gasteiger partial charge in [0.15, 0.2) is 0 Å². The van der Waals surface area contributed by atoms with E-state index in [9.17, 15) is 29.1 Å². The summed E-state index contributed by atoms with van der Waals surface area (Å²) in [6.45, 7) is 32.1. The number of hydrogen-bond acceptors (Lipinski definition) is 14. The summed E-state index contributed by atoms with van der Waals surface area (Å²) in [7, 11) is 10.1. The van der Waals surface area contributed by atoms with Crippen molar-refractivity contribution in [3.05, 3.63) is 12.2 Å². The summed E-state index contributed by atoms with van der Waals surface area (Å²) in [5, 5.41) is 22.6. The number of likely N-dealkylation sites (N-methyl/N-ethyl adjacent to an activating group) is 7. The van der Waals surface area contributed by atoms with E-state index in [1.807, 2.05) is 67.5 Å². The molecule has 2 heterocycles. The van der Waals surface area contributed by atoms with Gasteiger partial charge in [-0.05, 0) is 141 Å². The molecule has 2 aliphatic rings. The summed E-state index contributed by atoms with van der Waals surface area (Å²) >= 11 is 0. The summed E-state index contributed by atoms with van der Waals surface area (Å²) in [5.41, 5.74) is -1.58. The number of hydrogen-bond donors (Lipinski definition) is 5. The zero-order valence-electron chi connectivity index (χ0n) is 62.5. The number of carbonyl (C=O) groups excluding carboxylic acids is 11. The van der Waals surface area contributed by atoms with Crippen molar-refractivity contribution >= 4 is 65.0 Å². The van der Waals surface area contributed by atoms with Crippen LogP contribution in [-0.4, -0.2) is 264 Å². The molecule has 95 heavy (non-hydrogen) atoms. The van der Waals surface area contributed by atoms with E-state index in [1.165, 1.54) is 106 Å². The first kappa shape index (κ1) is 84.9. The molecule has 0 saturated carbocycles. The van der Waals surface area contributed by atoms with Crippen LogP contribution >= 0.6 is 0 Å². The molecule has 0 aromatic rings. The minimum atomic E-state index is -1.58. The third-order valence-electron chi connectivity index (χ3n) is 18.5. The van der Waals surface area contributed by atoms with Crippen LogP contribution in [0.25, 0.3) is 0 Å². The van der Waals surface area contributed by atoms with Gasteiger partial charge in [0.1, 0.15) is 66.5 Å². The lowest BCUT2D eigenvalue weighted by molar-refractivity contribution is -0.156. The number of nitrogens with one attached hydrogen (secondary N) is 4. The molecule has 0 aliphatic carbocycles. The lowest BCUT2D eigenvalue weighted by atomic mass is 9.93. The monoisotopic (exact) mass is 1340 g/mol. The number of nitrogens with zero attached hydrogens (tertiary/aromatic N) is 8. The summed E-state index contributed by atoms with van der Waals surface area (Å²) in [4.78, 5) is 175. The highest BCUT2D eigenvalue weighted by atomic mass is 16.5. The predicted molar refractivity (Wildman–Crippen MR) is 369 cm³/mol. The Morgan fingerprint density at radius 1 is 0.505 bits per heavy atom. The molecule has 12 atom stereocenters. The van der Waals surface area contributed by atoms with E-state index in [4.69, 9.17) is 4.74 Å². The third-order valence-corrected chi connectivity index (χ3v) is 18.5. The van der Waals surface area contributed by atoms with Gasteiger partial charge in [0, 0.05) is 68.9 Å². The normalized spacial score (nSPS) is 26.9. The van der Waals surface area contributed by atoms with Gasteiger partial charge >= 0.3 is 0 Å². The second-order valence-electron chi connectivity index (χ2n) is 29.6. The Labute approximate surface area is 569 Å². The topological polar surface area (TPSA) is 291 Å². The number of amides is 11. The van der Waals surface area contributed by atoms with Crippen LogP contribution < -0.4 is 21.3 Å². The van der Waals surface area contributed by atoms with E-state index in [-0.39, 0.29) is 75.4 Å². The van der Waals surface area contributed by atoms with Gasteiger partial charge in [0.2, 0.25) is 65.0 Å². The molecule has 544 valence electrons. The van der Waals surface area contributed by atoms with Crippen molar-refractivity contribution in [2.75, 3.05) is 82.2 Å². The molecule has 2 rings (SSSR count). The van der Waals surface area contributed by atoms with Crippen molar-refractivity contribution in [1.82, 2.24) is 60.5 Å². The predicted octanol–water partition coefficient (Wildman–Crippen LogP) is 4.28. The van der Waals surface area contributed by atoms with Crippen LogP contribution in [0.2, 0.25) is 0 Å². The first-order valence-corrected chi connectivity index (χ1v) is 34.8. The van der Waals surface area contributed by atoms with E-state index >= 15 is 28.8 Å². The van der Waals surface area contributed by atoms with E-state index < -0.39 is 149 Å². The van der Waals surface area contributed by atoms with Gasteiger partial charge in [0.25, 0.3) is 0 Å². The maximum Gasteiger partial charge on any atom is 0.248 e. The fourth-order valence-corrected chi connectivity index (χ4v) is 12.5. The number of allylic oxidation sites excluding steroid dienone is 2. The molecule has 25 heteroatoms. The van der Waals surface area contributed by atoms with E-state index in [0.29, 0.717) is 12.8 Å². The van der Waals surface area contributed by atoms with Gasteiger partial charge in [0.05, 0.1) is 12.2 Å². The van der Waals surface area contributed by atoms with Crippen LogP contribution in [0.5, 0.6) is 0 Å². The molecule has 2 fully saturated rings. The molecule has 0 unspecified atom stereocenters. The molecule has 11 amide bonds. The summed E-state index contributed by atoms with van der Waals surface area (Å²) in [6, 6.07) is -13.7. The van der Waals surface area contributed by atoms with Crippen LogP contribution in [0, 0.1) is 35.5 Å². The average Bonchev–Trinajstić information content (AvgIpc) is 1.04. The standard InChI is InChI=1S/C70H126N12O13/c1-25-27-31-47(13)39-52-61(85)73-50(26-2)64(88)80(23)56(41-95-35-30-34-82-32-28-29-33-82)67(91)79(22)55(40-70(16,17)94)62(86)74-57(45(9)10)68(92)75(18)51(36-42(3)4)60(84)71-48(14)59(83)72-49(15)63(87)77(20)53(37-43(5)6)65(89)78(21)54(38-44(7)8)66(90)81(24)58(46(11)12)69(93)76(52)19/h25,27,42-58,94H,26,28-41H2,1-24H3,(H,71,84)(H,72,83)(H,73,85)(H,74,86)/b27-25+/t47-,48-,49+,50+,51-,52+,53+,54+,55+,56-,57-,58+/m1/s1. The zero-order valence-corrected chi connectivity index (χ0v) is 62.5. The van der Waals surface area contributed by atoms with Crippen LogP contribution in [-0.2, 0) is 57.5 Å². The fraction of sp³-hybridized carbons (Fsp3) is 0.814. The lowest BCUT2D eigenvalue weighted by Crippen LogP contribution is -2.62. The van der Waals surface area contributed by atoms with Crippen molar-refractivity contribution in [3.63, 3.8) is 0 Å². The van der Waals surface area contributed by atoms with Gasteiger partial charge in [-0.2, -0.15) is 0 Å². The quantitative estimate of drug-likeness (QED) is 0.0792. The highest BCUT2D eigenvalue weighted by Gasteiger charge is 2.45. The van der Waals surface area contributed by atoms with E-state index in [2.05, 4.69) is 26.2 Å². The van der Waals surface area contributed by atoms with Crippen LogP contribution in [0.4, 0.5) is 0 Å². The molecular formula is C70H126N12O13. The van der Waals surface area contributed by atoms with Gasteiger partial charge in [-0.3, -0.25) is 52.7 Å². The Bertz CT molecular complexity index is 2590. The number of carbonyl (C=O) groups is 11. The Balaban J connectivity index is 3.08. The summed E-state index contributed by atoms with van der Waals surface area (Å²) in [6.07, 6.45) is 7.47. The molecule has 2 aliphatic heterocycles. The lowest BCUT2D eigenvalue weighted by Gasteiger charge is -2.41. The summed E-state index contributed by atoms with van der Waals surface area (Å²) < 4.78 is 6.23. The minimum Gasteiger partial charge on any atom is -0.390 e. The fourth-order valence-electron chi connectivity index (χ4n) is 12.5. The van der Waals surface area contributed by atoms with Gasteiger partial charge in [-0.15, -0.1) is 0 Å². The highest BCUT2D eigenvalue weighted by Crippen LogP contribution is 2.26. The van der Waals surface area contributed by atoms with Gasteiger partial charge < -0.3 is 70.3 Å². The molecule has 0 bridgehead atoms. The molecule has 5 N–H and O–H groups in total. The number of rotatable bonds is 21. The molecular weight excluding hydrogens is 1220 g/mol. The average molecular weight is 1340 g/mol. The molecule has 25 nitrogen and oxygen atoms in total. The largest absolute Gasteiger partial charge is 0.390 e. The third kappa shape index (κ3) is 25.3. The molecule has 0 aromatic heterocycles. The Morgan fingerprint density at radius 2 is 0.937 bits per heavy atom. The second-order valence-corrected chi connectivity index (χ2v) is 29.6. The molecule has 0 spiro atoms. The highest BCUT2D eigenvalue weighted by molar-refractivity contribution is 6.00. The molecule has 2 saturated heterocycles. The maximum atomic E-state index is 15.4. The first-order valence-electron chi connectivity index (χ1n) is 34.8. The number of likely N-dealkylation sites (tertiary alicyclic amines) is 1. The van der Waals surface area contributed by atoms with Crippen molar-refractivity contribution in [2.24, 2.45) is 35.5 Å². The Kier molecular flexibility index (Phi) is 35.1. The molecule has 0 aromatic carbocycles. The molecule has 0 radical (unpaired) electrons. The van der Waals surface area contributed by atoms with E-state index in [1.54, 1.807) is 34.6 Å². The second kappa shape index (κ2) is 39.3. The SMILES string of the molecule is C/C=C/C[C@@H](C)C[C@H]1C(=O)N[C@@H](CC)C(=O)N(C)[C@H](COCCCN2CCCC2)C(=O)N(C)[C@@H](CC(C)(C)O)C(=O)N[C@H](C(C)C)C(=O)N(C)[C@H](CC(C)C)C(=O)N[C@H](C)C(=O)N[C@@H](C)C(=O)N(C)[C@@H](CC(C)C)C(=O)N(C)[C@@H](CC(C)C)C(=O)N(C)[C@@H](C(C)C)C(=O)N1C. The van der Waals surface area contributed by atoms with Crippen molar-refractivity contribution in [1.29, 1.82) is 0 Å². The van der Waals surface area contributed by atoms with Crippen molar-refractivity contribution < 1.29 is 62.6 Å². The minimum absolute atomic E-state index is 0.0354. The number of ether oxygens (including phenoxy) is 1. The van der Waals surface area contributed by atoms with E-state index in [0.717, 1.165) is 37.4 Å². The van der Waals surface area contributed by atoms with Crippen molar-refractivity contribution in [2.45, 2.75) is 254 Å². The van der Waals surface area contributed by atoms with Gasteiger partial charge in [-0.1, -0.05) is 95.2 Å².